The van der Waals surface area contributed by atoms with Crippen LogP contribution in [0.5, 0.6) is 0 Å². The van der Waals surface area contributed by atoms with Gasteiger partial charge in [-0.05, 0) is 44.9 Å². The summed E-state index contributed by atoms with van der Waals surface area (Å²) in [4.78, 5) is 27.5. The van der Waals surface area contributed by atoms with E-state index in [0.717, 1.165) is 34.2 Å². The van der Waals surface area contributed by atoms with Crippen LogP contribution in [0.1, 0.15) is 38.3 Å². The second-order valence-electron chi connectivity index (χ2n) is 8.22. The minimum atomic E-state index is -3.97. The predicted molar refractivity (Wildman–Crippen MR) is 128 cm³/mol. The molecule has 0 heterocycles. The van der Waals surface area contributed by atoms with Gasteiger partial charge in [-0.2, -0.15) is 0 Å². The number of hydrogen-bond donors (Lipinski definition) is 1. The van der Waals surface area contributed by atoms with Crippen LogP contribution in [0.2, 0.25) is 0 Å². The standard InChI is InChI=1S/C24H32FN3O4S/c1-6-18(3)26-24(30)19(4)27(15-20-13-11-17(2)12-14-20)23(29)16-28(33(5,31)32)22-10-8-7-9-21(22)25/h7-14,18-19H,6,15-16H2,1-5H3,(H,26,30)/t18-,19-/m0/s1. The topological polar surface area (TPSA) is 86.8 Å². The maximum absolute atomic E-state index is 14.4. The molecule has 0 radical (unpaired) electrons. The van der Waals surface area contributed by atoms with Gasteiger partial charge in [-0.15, -0.1) is 0 Å². The number of rotatable bonds is 10. The minimum absolute atomic E-state index is 0.0813. The summed E-state index contributed by atoms with van der Waals surface area (Å²) in [7, 11) is -3.97. The zero-order valence-corrected chi connectivity index (χ0v) is 20.5. The number of carbonyl (C=O) groups excluding carboxylic acids is 2. The Bertz CT molecular complexity index is 1070. The van der Waals surface area contributed by atoms with E-state index >= 15 is 0 Å². The highest BCUT2D eigenvalue weighted by Crippen LogP contribution is 2.22. The highest BCUT2D eigenvalue weighted by molar-refractivity contribution is 7.92. The first-order chi connectivity index (χ1) is 15.4. The smallest absolute Gasteiger partial charge is 0.244 e. The Hall–Kier alpha value is -2.94. The summed E-state index contributed by atoms with van der Waals surface area (Å²) in [5, 5.41) is 2.86. The quantitative estimate of drug-likeness (QED) is 0.569. The summed E-state index contributed by atoms with van der Waals surface area (Å²) < 4.78 is 40.0. The molecule has 2 rings (SSSR count). The molecule has 33 heavy (non-hydrogen) atoms. The molecule has 0 aromatic heterocycles. The van der Waals surface area contributed by atoms with Gasteiger partial charge in [0.15, 0.2) is 0 Å². The van der Waals surface area contributed by atoms with Crippen LogP contribution in [0.15, 0.2) is 48.5 Å². The van der Waals surface area contributed by atoms with Gasteiger partial charge in [0.25, 0.3) is 0 Å². The summed E-state index contributed by atoms with van der Waals surface area (Å²) in [6, 6.07) is 11.9. The van der Waals surface area contributed by atoms with Gasteiger partial charge in [-0.25, -0.2) is 12.8 Å². The molecule has 0 saturated heterocycles. The second-order valence-corrected chi connectivity index (χ2v) is 10.1. The van der Waals surface area contributed by atoms with Crippen LogP contribution in [0.3, 0.4) is 0 Å². The SMILES string of the molecule is CC[C@H](C)NC(=O)[C@H](C)N(Cc1ccc(C)cc1)C(=O)CN(c1ccccc1F)S(C)(=O)=O. The number of halogens is 1. The van der Waals surface area contributed by atoms with E-state index in [-0.39, 0.29) is 24.2 Å². The molecule has 2 aromatic rings. The van der Waals surface area contributed by atoms with Crippen LogP contribution < -0.4 is 9.62 Å². The monoisotopic (exact) mass is 477 g/mol. The molecule has 0 aliphatic carbocycles. The Morgan fingerprint density at radius 3 is 2.21 bits per heavy atom. The summed E-state index contributed by atoms with van der Waals surface area (Å²) in [5.74, 6) is -1.72. The average molecular weight is 478 g/mol. The molecule has 7 nitrogen and oxygen atoms in total. The molecule has 0 fully saturated rings. The fourth-order valence-electron chi connectivity index (χ4n) is 3.19. The fourth-order valence-corrected chi connectivity index (χ4v) is 4.04. The zero-order valence-electron chi connectivity index (χ0n) is 19.7. The lowest BCUT2D eigenvalue weighted by molar-refractivity contribution is -0.139. The maximum Gasteiger partial charge on any atom is 0.244 e. The van der Waals surface area contributed by atoms with Crippen molar-refractivity contribution in [1.29, 1.82) is 0 Å². The van der Waals surface area contributed by atoms with Crippen LogP contribution in [0, 0.1) is 12.7 Å². The predicted octanol–water partition coefficient (Wildman–Crippen LogP) is 3.23. The highest BCUT2D eigenvalue weighted by atomic mass is 32.2. The number of para-hydroxylation sites is 1. The Labute approximate surface area is 195 Å². The summed E-state index contributed by atoms with van der Waals surface area (Å²) in [6.07, 6.45) is 1.63. The second kappa shape index (κ2) is 11.3. The molecule has 1 N–H and O–H groups in total. The summed E-state index contributed by atoms with van der Waals surface area (Å²) in [5.41, 5.74) is 1.61. The number of carbonyl (C=O) groups is 2. The van der Waals surface area contributed by atoms with Crippen LogP contribution in [0.4, 0.5) is 10.1 Å². The Balaban J connectivity index is 2.39. The van der Waals surface area contributed by atoms with Crippen molar-refractivity contribution in [3.8, 4) is 0 Å². The Morgan fingerprint density at radius 1 is 1.06 bits per heavy atom. The van der Waals surface area contributed by atoms with Gasteiger partial charge in [-0.1, -0.05) is 48.9 Å². The van der Waals surface area contributed by atoms with Crippen molar-refractivity contribution in [3.63, 3.8) is 0 Å². The van der Waals surface area contributed by atoms with Gasteiger partial charge in [0.2, 0.25) is 21.8 Å². The number of aryl methyl sites for hydroxylation is 1. The Kier molecular flexibility index (Phi) is 8.99. The molecule has 0 saturated carbocycles. The molecule has 2 atom stereocenters. The fraction of sp³-hybridized carbons (Fsp3) is 0.417. The van der Waals surface area contributed by atoms with Crippen molar-refractivity contribution >= 4 is 27.5 Å². The normalized spacial score (nSPS) is 13.2. The van der Waals surface area contributed by atoms with Gasteiger partial charge in [0, 0.05) is 12.6 Å². The number of hydrogen-bond acceptors (Lipinski definition) is 4. The Morgan fingerprint density at radius 2 is 1.67 bits per heavy atom. The lowest BCUT2D eigenvalue weighted by atomic mass is 10.1. The zero-order chi connectivity index (χ0) is 24.8. The third-order valence-electron chi connectivity index (χ3n) is 5.44. The molecule has 0 unspecified atom stereocenters. The number of anilines is 1. The molecule has 2 aromatic carbocycles. The lowest BCUT2D eigenvalue weighted by Gasteiger charge is -2.32. The van der Waals surface area contributed by atoms with Crippen LogP contribution in [-0.4, -0.2) is 50.0 Å². The van der Waals surface area contributed by atoms with Crippen molar-refractivity contribution in [3.05, 3.63) is 65.5 Å². The largest absolute Gasteiger partial charge is 0.352 e. The molecule has 180 valence electrons. The molecule has 9 heteroatoms. The summed E-state index contributed by atoms with van der Waals surface area (Å²) in [6.45, 7) is 6.80. The van der Waals surface area contributed by atoms with Crippen molar-refractivity contribution in [2.75, 3.05) is 17.1 Å². The van der Waals surface area contributed by atoms with E-state index in [9.17, 15) is 22.4 Å². The van der Waals surface area contributed by atoms with Crippen molar-refractivity contribution in [1.82, 2.24) is 10.2 Å². The van der Waals surface area contributed by atoms with E-state index in [0.29, 0.717) is 0 Å². The molecular formula is C24H32FN3O4S. The molecular weight excluding hydrogens is 445 g/mol. The van der Waals surface area contributed by atoms with Crippen molar-refractivity contribution in [2.24, 2.45) is 0 Å². The molecule has 2 amide bonds. The number of benzene rings is 2. The minimum Gasteiger partial charge on any atom is -0.352 e. The van der Waals surface area contributed by atoms with Crippen molar-refractivity contribution in [2.45, 2.75) is 52.7 Å². The first-order valence-electron chi connectivity index (χ1n) is 10.8. The van der Waals surface area contributed by atoms with Crippen LogP contribution >= 0.6 is 0 Å². The number of sulfonamides is 1. The third kappa shape index (κ3) is 7.28. The third-order valence-corrected chi connectivity index (χ3v) is 6.57. The van der Waals surface area contributed by atoms with Gasteiger partial charge < -0.3 is 10.2 Å². The summed E-state index contributed by atoms with van der Waals surface area (Å²) >= 11 is 0. The molecule has 0 spiro atoms. The molecule has 0 bridgehead atoms. The van der Waals surface area contributed by atoms with Gasteiger partial charge in [0.1, 0.15) is 18.4 Å². The molecule has 0 aliphatic heterocycles. The average Bonchev–Trinajstić information content (AvgIpc) is 2.76. The van der Waals surface area contributed by atoms with Crippen LogP contribution in [-0.2, 0) is 26.2 Å². The van der Waals surface area contributed by atoms with E-state index in [2.05, 4.69) is 5.32 Å². The van der Waals surface area contributed by atoms with Crippen molar-refractivity contribution < 1.29 is 22.4 Å². The first kappa shape index (κ1) is 26.3. The van der Waals surface area contributed by atoms with Gasteiger partial charge in [-0.3, -0.25) is 13.9 Å². The number of nitrogens with zero attached hydrogens (tertiary/aromatic N) is 2. The van der Waals surface area contributed by atoms with Gasteiger partial charge >= 0.3 is 0 Å². The first-order valence-corrected chi connectivity index (χ1v) is 12.7. The van der Waals surface area contributed by atoms with E-state index in [1.807, 2.05) is 45.0 Å². The van der Waals surface area contributed by atoms with E-state index < -0.39 is 34.3 Å². The van der Waals surface area contributed by atoms with E-state index in [1.54, 1.807) is 6.92 Å². The van der Waals surface area contributed by atoms with E-state index in [1.165, 1.54) is 23.1 Å². The highest BCUT2D eigenvalue weighted by Gasteiger charge is 2.31. The lowest BCUT2D eigenvalue weighted by Crippen LogP contribution is -2.52. The van der Waals surface area contributed by atoms with Crippen LogP contribution in [0.25, 0.3) is 0 Å². The van der Waals surface area contributed by atoms with Gasteiger partial charge in [0.05, 0.1) is 11.9 Å². The number of nitrogens with one attached hydrogen (secondary N) is 1. The van der Waals surface area contributed by atoms with E-state index in [4.69, 9.17) is 0 Å². The number of amides is 2. The molecule has 0 aliphatic rings. The maximum atomic E-state index is 14.4.